The van der Waals surface area contributed by atoms with Crippen LogP contribution in [-0.4, -0.2) is 9.97 Å². The Morgan fingerprint density at radius 2 is 2.00 bits per heavy atom. The molecule has 0 aromatic carbocycles. The fourth-order valence-corrected chi connectivity index (χ4v) is 0.699. The number of rotatable bonds is 1. The fraction of sp³-hybridized carbons (Fsp3) is 0. The standard InChI is InChI=1S/C6H6BrN3/c7-5-3-9-6(1-2-8)10-4-5/h1-4H,8H2/b2-1-. The molecule has 10 heavy (non-hydrogen) atoms. The van der Waals surface area contributed by atoms with Crippen molar-refractivity contribution < 1.29 is 0 Å². The van der Waals surface area contributed by atoms with Gasteiger partial charge in [-0.1, -0.05) is 0 Å². The maximum atomic E-state index is 5.13. The van der Waals surface area contributed by atoms with Gasteiger partial charge in [-0.2, -0.15) is 0 Å². The van der Waals surface area contributed by atoms with E-state index in [0.29, 0.717) is 5.82 Å². The summed E-state index contributed by atoms with van der Waals surface area (Å²) in [6.07, 6.45) is 6.38. The SMILES string of the molecule is N/C=C\c1ncc(Br)cn1. The van der Waals surface area contributed by atoms with E-state index >= 15 is 0 Å². The molecule has 4 heteroatoms. The van der Waals surface area contributed by atoms with Gasteiger partial charge in [-0.25, -0.2) is 9.97 Å². The summed E-state index contributed by atoms with van der Waals surface area (Å²) in [7, 11) is 0. The van der Waals surface area contributed by atoms with Crippen molar-refractivity contribution in [2.24, 2.45) is 5.73 Å². The highest BCUT2D eigenvalue weighted by atomic mass is 79.9. The van der Waals surface area contributed by atoms with Crippen molar-refractivity contribution in [1.29, 1.82) is 0 Å². The quantitative estimate of drug-likeness (QED) is 0.740. The Bertz CT molecular complexity index is 229. The van der Waals surface area contributed by atoms with Gasteiger partial charge in [0.05, 0.1) is 4.47 Å². The lowest BCUT2D eigenvalue weighted by Crippen LogP contribution is -1.86. The van der Waals surface area contributed by atoms with Crippen LogP contribution in [0.1, 0.15) is 5.82 Å². The zero-order chi connectivity index (χ0) is 7.40. The molecule has 0 radical (unpaired) electrons. The summed E-state index contributed by atoms with van der Waals surface area (Å²) >= 11 is 3.22. The van der Waals surface area contributed by atoms with Gasteiger partial charge < -0.3 is 5.73 Å². The predicted molar refractivity (Wildman–Crippen MR) is 43.0 cm³/mol. The van der Waals surface area contributed by atoms with Gasteiger partial charge in [-0.05, 0) is 28.2 Å². The Labute approximate surface area is 67.1 Å². The van der Waals surface area contributed by atoms with Crippen molar-refractivity contribution in [3.05, 3.63) is 28.9 Å². The van der Waals surface area contributed by atoms with E-state index in [-0.39, 0.29) is 0 Å². The van der Waals surface area contributed by atoms with Crippen molar-refractivity contribution >= 4 is 22.0 Å². The molecule has 52 valence electrons. The normalized spacial score (nSPS) is 10.5. The molecular formula is C6H6BrN3. The van der Waals surface area contributed by atoms with E-state index in [1.807, 2.05) is 0 Å². The molecule has 0 atom stereocenters. The van der Waals surface area contributed by atoms with E-state index in [4.69, 9.17) is 5.73 Å². The summed E-state index contributed by atoms with van der Waals surface area (Å²) in [5.74, 6) is 0.616. The van der Waals surface area contributed by atoms with Crippen LogP contribution in [0, 0.1) is 0 Å². The first-order valence-electron chi connectivity index (χ1n) is 2.69. The molecule has 1 aromatic heterocycles. The van der Waals surface area contributed by atoms with Crippen LogP contribution < -0.4 is 5.73 Å². The highest BCUT2D eigenvalue weighted by molar-refractivity contribution is 9.10. The van der Waals surface area contributed by atoms with Crippen molar-refractivity contribution in [3.63, 3.8) is 0 Å². The van der Waals surface area contributed by atoms with Gasteiger partial charge in [0.1, 0.15) is 0 Å². The van der Waals surface area contributed by atoms with E-state index in [0.717, 1.165) is 4.47 Å². The van der Waals surface area contributed by atoms with Gasteiger partial charge in [0, 0.05) is 12.4 Å². The molecule has 1 rings (SSSR count). The Morgan fingerprint density at radius 3 is 2.50 bits per heavy atom. The Hall–Kier alpha value is -0.900. The molecule has 2 N–H and O–H groups in total. The van der Waals surface area contributed by atoms with Gasteiger partial charge in [0.25, 0.3) is 0 Å². The molecule has 0 fully saturated rings. The monoisotopic (exact) mass is 199 g/mol. The molecule has 0 aliphatic rings. The van der Waals surface area contributed by atoms with Gasteiger partial charge >= 0.3 is 0 Å². The highest BCUT2D eigenvalue weighted by Gasteiger charge is 1.87. The zero-order valence-electron chi connectivity index (χ0n) is 5.16. The number of aromatic nitrogens is 2. The maximum Gasteiger partial charge on any atom is 0.153 e. The highest BCUT2D eigenvalue weighted by Crippen LogP contribution is 2.04. The van der Waals surface area contributed by atoms with Crippen LogP contribution in [-0.2, 0) is 0 Å². The molecule has 0 unspecified atom stereocenters. The van der Waals surface area contributed by atoms with Crippen LogP contribution in [0.4, 0.5) is 0 Å². The van der Waals surface area contributed by atoms with E-state index < -0.39 is 0 Å². The minimum atomic E-state index is 0.616. The smallest absolute Gasteiger partial charge is 0.153 e. The molecule has 0 amide bonds. The lowest BCUT2D eigenvalue weighted by atomic mass is 10.5. The minimum absolute atomic E-state index is 0.616. The van der Waals surface area contributed by atoms with Gasteiger partial charge in [-0.15, -0.1) is 0 Å². The number of hydrogen-bond donors (Lipinski definition) is 1. The fourth-order valence-electron chi connectivity index (χ4n) is 0.494. The van der Waals surface area contributed by atoms with E-state index in [1.54, 1.807) is 18.5 Å². The molecule has 0 aliphatic heterocycles. The summed E-state index contributed by atoms with van der Waals surface area (Å²) < 4.78 is 0.863. The molecule has 0 aliphatic carbocycles. The third-order valence-electron chi connectivity index (χ3n) is 0.886. The van der Waals surface area contributed by atoms with E-state index in [9.17, 15) is 0 Å². The van der Waals surface area contributed by atoms with E-state index in [1.165, 1.54) is 6.20 Å². The predicted octanol–water partition coefficient (Wildman–Crippen LogP) is 1.17. The van der Waals surface area contributed by atoms with Crippen LogP contribution in [0.5, 0.6) is 0 Å². The third kappa shape index (κ3) is 1.80. The molecule has 1 heterocycles. The van der Waals surface area contributed by atoms with Crippen LogP contribution >= 0.6 is 15.9 Å². The van der Waals surface area contributed by atoms with Gasteiger partial charge in [0.2, 0.25) is 0 Å². The molecule has 0 saturated carbocycles. The summed E-state index contributed by atoms with van der Waals surface area (Å²) in [6.45, 7) is 0. The second-order valence-corrected chi connectivity index (χ2v) is 2.53. The number of halogens is 1. The summed E-state index contributed by atoms with van der Waals surface area (Å²) in [5.41, 5.74) is 5.13. The topological polar surface area (TPSA) is 51.8 Å². The number of hydrogen-bond acceptors (Lipinski definition) is 3. The summed E-state index contributed by atoms with van der Waals surface area (Å²) in [4.78, 5) is 7.89. The first kappa shape index (κ1) is 7.21. The lowest BCUT2D eigenvalue weighted by Gasteiger charge is -1.89. The van der Waals surface area contributed by atoms with E-state index in [2.05, 4.69) is 25.9 Å². The second-order valence-electron chi connectivity index (χ2n) is 1.62. The largest absolute Gasteiger partial charge is 0.404 e. The average Bonchev–Trinajstić information content (AvgIpc) is 1.95. The van der Waals surface area contributed by atoms with Crippen molar-refractivity contribution in [1.82, 2.24) is 9.97 Å². The van der Waals surface area contributed by atoms with Crippen LogP contribution in [0.25, 0.3) is 6.08 Å². The summed E-state index contributed by atoms with van der Waals surface area (Å²) in [5, 5.41) is 0. The first-order valence-corrected chi connectivity index (χ1v) is 3.48. The summed E-state index contributed by atoms with van der Waals surface area (Å²) in [6, 6.07) is 0. The van der Waals surface area contributed by atoms with Gasteiger partial charge in [0.15, 0.2) is 5.82 Å². The van der Waals surface area contributed by atoms with Crippen molar-refractivity contribution in [3.8, 4) is 0 Å². The zero-order valence-corrected chi connectivity index (χ0v) is 6.75. The first-order chi connectivity index (χ1) is 4.83. The Morgan fingerprint density at radius 1 is 1.40 bits per heavy atom. The Balaban J connectivity index is 2.89. The molecule has 0 spiro atoms. The number of nitrogens with two attached hydrogens (primary N) is 1. The second kappa shape index (κ2) is 3.31. The number of nitrogens with zero attached hydrogens (tertiary/aromatic N) is 2. The average molecular weight is 200 g/mol. The van der Waals surface area contributed by atoms with Crippen LogP contribution in [0.3, 0.4) is 0 Å². The Kier molecular flexibility index (Phi) is 2.39. The molecule has 3 nitrogen and oxygen atoms in total. The van der Waals surface area contributed by atoms with Crippen molar-refractivity contribution in [2.45, 2.75) is 0 Å². The molecular weight excluding hydrogens is 194 g/mol. The van der Waals surface area contributed by atoms with Crippen LogP contribution in [0.15, 0.2) is 23.1 Å². The van der Waals surface area contributed by atoms with Crippen LogP contribution in [0.2, 0.25) is 0 Å². The van der Waals surface area contributed by atoms with Crippen molar-refractivity contribution in [2.75, 3.05) is 0 Å². The maximum absolute atomic E-state index is 5.13. The minimum Gasteiger partial charge on any atom is -0.404 e. The molecule has 0 bridgehead atoms. The van der Waals surface area contributed by atoms with Gasteiger partial charge in [-0.3, -0.25) is 0 Å². The lowest BCUT2D eigenvalue weighted by molar-refractivity contribution is 1.12. The third-order valence-corrected chi connectivity index (χ3v) is 1.30. The molecule has 1 aromatic rings. The molecule has 0 saturated heterocycles.